The zero-order valence-corrected chi connectivity index (χ0v) is 27.4. The third-order valence-corrected chi connectivity index (χ3v) is 8.39. The standard InChI is InChI=1S/C37H53NO5/c1-28(27-36(2,3)4)37(5,6)35(40)42-25-16-14-12-10-8-7-9-11-13-15-24-41-31-21-19-29(20-22-31)32-26-30-18-17-23-38-33(30)43-34(32)39/h17-23,26,28H,7-16,24-25,27H2,1-6H3. The number of hydrogen-bond acceptors (Lipinski definition) is 6. The predicted octanol–water partition coefficient (Wildman–Crippen LogP) is 9.78. The number of unbranched alkanes of at least 4 members (excludes halogenated alkanes) is 9. The molecule has 1 atom stereocenters. The summed E-state index contributed by atoms with van der Waals surface area (Å²) in [5.41, 5.74) is 1.05. The second-order valence-electron chi connectivity index (χ2n) is 13.8. The minimum atomic E-state index is -0.441. The fourth-order valence-electron chi connectivity index (χ4n) is 5.42. The lowest BCUT2D eigenvalue weighted by molar-refractivity contribution is -0.157. The lowest BCUT2D eigenvalue weighted by Gasteiger charge is -2.34. The van der Waals surface area contributed by atoms with Gasteiger partial charge in [0, 0.05) is 11.6 Å². The van der Waals surface area contributed by atoms with E-state index in [2.05, 4.69) is 32.7 Å². The molecule has 2 heterocycles. The number of rotatable bonds is 18. The van der Waals surface area contributed by atoms with E-state index in [-0.39, 0.29) is 22.9 Å². The van der Waals surface area contributed by atoms with E-state index in [9.17, 15) is 9.59 Å². The van der Waals surface area contributed by atoms with Crippen molar-refractivity contribution < 1.29 is 18.7 Å². The van der Waals surface area contributed by atoms with Crippen molar-refractivity contribution in [2.24, 2.45) is 16.7 Å². The van der Waals surface area contributed by atoms with Gasteiger partial charge in [0.1, 0.15) is 5.75 Å². The van der Waals surface area contributed by atoms with Gasteiger partial charge in [0.2, 0.25) is 5.71 Å². The maximum atomic E-state index is 12.6. The first-order chi connectivity index (χ1) is 20.5. The van der Waals surface area contributed by atoms with Crippen LogP contribution in [0.2, 0.25) is 0 Å². The van der Waals surface area contributed by atoms with Crippen LogP contribution in [0.4, 0.5) is 0 Å². The average Bonchev–Trinajstić information content (AvgIpc) is 2.96. The second-order valence-corrected chi connectivity index (χ2v) is 13.8. The predicted molar refractivity (Wildman–Crippen MR) is 175 cm³/mol. The molecule has 1 aromatic carbocycles. The highest BCUT2D eigenvalue weighted by molar-refractivity contribution is 5.79. The zero-order valence-electron chi connectivity index (χ0n) is 27.4. The van der Waals surface area contributed by atoms with Gasteiger partial charge in [-0.15, -0.1) is 0 Å². The van der Waals surface area contributed by atoms with Gasteiger partial charge in [-0.3, -0.25) is 4.79 Å². The summed E-state index contributed by atoms with van der Waals surface area (Å²) >= 11 is 0. The number of carbonyl (C=O) groups is 1. The van der Waals surface area contributed by atoms with E-state index in [1.165, 1.54) is 44.9 Å². The molecule has 6 heteroatoms. The van der Waals surface area contributed by atoms with Gasteiger partial charge >= 0.3 is 11.6 Å². The number of fused-ring (bicyclic) bond motifs is 1. The van der Waals surface area contributed by atoms with Crippen LogP contribution in [-0.2, 0) is 9.53 Å². The molecule has 0 amide bonds. The van der Waals surface area contributed by atoms with Gasteiger partial charge in [0.25, 0.3) is 0 Å². The molecule has 0 aliphatic rings. The molecule has 2 aromatic heterocycles. The molecule has 3 rings (SSSR count). The number of carbonyl (C=O) groups excluding carboxylic acids is 1. The maximum absolute atomic E-state index is 12.6. The van der Waals surface area contributed by atoms with Gasteiger partial charge in [0.15, 0.2) is 0 Å². The van der Waals surface area contributed by atoms with Crippen molar-refractivity contribution in [3.05, 3.63) is 59.1 Å². The Morgan fingerprint density at radius 1 is 0.837 bits per heavy atom. The van der Waals surface area contributed by atoms with Crippen molar-refractivity contribution >= 4 is 17.1 Å². The summed E-state index contributed by atoms with van der Waals surface area (Å²) in [7, 11) is 0. The Hall–Kier alpha value is -3.15. The first-order valence-electron chi connectivity index (χ1n) is 16.3. The van der Waals surface area contributed by atoms with Crippen LogP contribution in [0.1, 0.15) is 112 Å². The molecule has 6 nitrogen and oxygen atoms in total. The number of hydrogen-bond donors (Lipinski definition) is 0. The van der Waals surface area contributed by atoms with Crippen LogP contribution < -0.4 is 10.4 Å². The van der Waals surface area contributed by atoms with Crippen LogP contribution in [0, 0.1) is 16.7 Å². The van der Waals surface area contributed by atoms with Crippen molar-refractivity contribution in [2.75, 3.05) is 13.2 Å². The first-order valence-corrected chi connectivity index (χ1v) is 16.3. The van der Waals surface area contributed by atoms with Crippen LogP contribution in [-0.4, -0.2) is 24.2 Å². The quantitative estimate of drug-likeness (QED) is 0.108. The summed E-state index contributed by atoms with van der Waals surface area (Å²) in [6.45, 7) is 14.1. The molecule has 0 N–H and O–H groups in total. The summed E-state index contributed by atoms with van der Waals surface area (Å²) in [4.78, 5) is 29.1. The monoisotopic (exact) mass is 591 g/mol. The van der Waals surface area contributed by atoms with E-state index in [0.717, 1.165) is 42.4 Å². The third-order valence-electron chi connectivity index (χ3n) is 8.39. The molecule has 0 aliphatic carbocycles. The van der Waals surface area contributed by atoms with Crippen molar-refractivity contribution in [3.8, 4) is 16.9 Å². The maximum Gasteiger partial charge on any atom is 0.345 e. The lowest BCUT2D eigenvalue weighted by atomic mass is 9.72. The van der Waals surface area contributed by atoms with Crippen LogP contribution in [0.3, 0.4) is 0 Å². The van der Waals surface area contributed by atoms with Gasteiger partial charge in [-0.25, -0.2) is 9.78 Å². The van der Waals surface area contributed by atoms with Crippen molar-refractivity contribution in [2.45, 2.75) is 112 Å². The number of aromatic nitrogens is 1. The van der Waals surface area contributed by atoms with E-state index in [4.69, 9.17) is 13.9 Å². The van der Waals surface area contributed by atoms with E-state index in [1.54, 1.807) is 6.20 Å². The van der Waals surface area contributed by atoms with Crippen molar-refractivity contribution in [1.82, 2.24) is 4.98 Å². The molecule has 1 unspecified atom stereocenters. The smallest absolute Gasteiger partial charge is 0.345 e. The van der Waals surface area contributed by atoms with Crippen LogP contribution >= 0.6 is 0 Å². The van der Waals surface area contributed by atoms with E-state index < -0.39 is 5.41 Å². The molecule has 0 radical (unpaired) electrons. The topological polar surface area (TPSA) is 78.6 Å². The van der Waals surface area contributed by atoms with Gasteiger partial charge in [-0.1, -0.05) is 91.2 Å². The molecule has 0 fully saturated rings. The Labute approximate surface area is 258 Å². The van der Waals surface area contributed by atoms with Gasteiger partial charge in [0.05, 0.1) is 24.2 Å². The number of pyridine rings is 1. The molecule has 0 saturated heterocycles. The minimum Gasteiger partial charge on any atom is -0.494 e. The summed E-state index contributed by atoms with van der Waals surface area (Å²) in [6, 6.07) is 13.1. The summed E-state index contributed by atoms with van der Waals surface area (Å²) in [5.74, 6) is 1.04. The van der Waals surface area contributed by atoms with E-state index >= 15 is 0 Å². The molecule has 0 bridgehead atoms. The fourth-order valence-corrected chi connectivity index (χ4v) is 5.42. The number of benzene rings is 1. The molecule has 236 valence electrons. The largest absolute Gasteiger partial charge is 0.494 e. The van der Waals surface area contributed by atoms with Crippen molar-refractivity contribution in [1.29, 1.82) is 0 Å². The van der Waals surface area contributed by atoms with Crippen LogP contribution in [0.15, 0.2) is 57.9 Å². The van der Waals surface area contributed by atoms with Crippen LogP contribution in [0.25, 0.3) is 22.2 Å². The summed E-state index contributed by atoms with van der Waals surface area (Å²) in [5, 5.41) is 0.800. The Balaban J connectivity index is 1.18. The van der Waals surface area contributed by atoms with Gasteiger partial charge < -0.3 is 13.9 Å². The lowest BCUT2D eigenvalue weighted by Crippen LogP contribution is -2.35. The Bertz CT molecular complexity index is 1320. The van der Waals surface area contributed by atoms with E-state index in [1.807, 2.05) is 56.3 Å². The summed E-state index contributed by atoms with van der Waals surface area (Å²) < 4.78 is 16.9. The summed E-state index contributed by atoms with van der Waals surface area (Å²) in [6.07, 6.45) is 14.4. The molecular formula is C37H53NO5. The second kappa shape index (κ2) is 16.6. The molecule has 0 saturated carbocycles. The highest BCUT2D eigenvalue weighted by Crippen LogP contribution is 2.37. The SMILES string of the molecule is CC(CC(C)(C)C)C(C)(C)C(=O)OCCCCCCCCCCCCOc1ccc(-c2cc3cccnc3oc2=O)cc1. The Kier molecular flexibility index (Phi) is 13.3. The van der Waals surface area contributed by atoms with Crippen LogP contribution in [0.5, 0.6) is 5.75 Å². The van der Waals surface area contributed by atoms with E-state index in [0.29, 0.717) is 24.5 Å². The van der Waals surface area contributed by atoms with Gasteiger partial charge in [-0.05, 0) is 80.3 Å². The molecule has 3 aromatic rings. The minimum absolute atomic E-state index is 0.0572. The highest BCUT2D eigenvalue weighted by atomic mass is 16.5. The Morgan fingerprint density at radius 3 is 2.02 bits per heavy atom. The molecular weight excluding hydrogens is 538 g/mol. The fraction of sp³-hybridized carbons (Fsp3) is 0.595. The molecule has 0 aliphatic heterocycles. The normalized spacial score (nSPS) is 12.8. The third kappa shape index (κ3) is 11.5. The Morgan fingerprint density at radius 2 is 1.42 bits per heavy atom. The number of esters is 1. The first kappa shape index (κ1) is 34.3. The highest BCUT2D eigenvalue weighted by Gasteiger charge is 2.37. The zero-order chi connectivity index (χ0) is 31.3. The average molecular weight is 592 g/mol. The number of ether oxygens (including phenoxy) is 2. The molecule has 43 heavy (non-hydrogen) atoms. The van der Waals surface area contributed by atoms with Gasteiger partial charge in [-0.2, -0.15) is 0 Å². The molecule has 0 spiro atoms. The number of nitrogens with zero attached hydrogens (tertiary/aromatic N) is 1. The van der Waals surface area contributed by atoms with Crippen molar-refractivity contribution in [3.63, 3.8) is 0 Å².